The first-order chi connectivity index (χ1) is 33.8. The zero-order chi connectivity index (χ0) is 50.1. The SMILES string of the molecule is CC(C)c1cc(C(C)C)c(-c2cc(Oc3[c-]c4c(cc3)c3ccccc3n4-c3cc(C(C)(C)C)ccn3)[c-]c(N3[CH-]N(c4c(-c5ccc(F)cc5)cccc4C(C)(C)C)c4ccccc43)c2)c(C(C)C)c1.[Pt]. The number of fused-ring (bicyclic) bond motifs is 4. The normalized spacial score (nSPS) is 12.9. The van der Waals surface area contributed by atoms with Crippen molar-refractivity contribution in [2.75, 3.05) is 9.80 Å². The molecule has 10 rings (SSSR count). The molecule has 7 aromatic carbocycles. The summed E-state index contributed by atoms with van der Waals surface area (Å²) in [6.45, 7) is 29.4. The van der Waals surface area contributed by atoms with Crippen LogP contribution in [0.15, 0.2) is 146 Å². The van der Waals surface area contributed by atoms with Crippen molar-refractivity contribution >= 4 is 44.6 Å². The van der Waals surface area contributed by atoms with E-state index in [1.807, 2.05) is 24.4 Å². The van der Waals surface area contributed by atoms with Crippen LogP contribution in [0.25, 0.3) is 49.9 Å². The number of ether oxygens (including phenoxy) is 1. The monoisotopic (exact) mass is 1130 g/mol. The fourth-order valence-corrected chi connectivity index (χ4v) is 10.2. The van der Waals surface area contributed by atoms with Crippen molar-refractivity contribution in [1.29, 1.82) is 0 Å². The van der Waals surface area contributed by atoms with Crippen molar-refractivity contribution in [2.24, 2.45) is 0 Å². The van der Waals surface area contributed by atoms with Gasteiger partial charge in [-0.1, -0.05) is 161 Å². The molecule has 0 saturated carbocycles. The third-order valence-electron chi connectivity index (χ3n) is 14.0. The number of nitrogens with zero attached hydrogens (tertiary/aromatic N) is 4. The molecule has 0 spiro atoms. The summed E-state index contributed by atoms with van der Waals surface area (Å²) in [4.78, 5) is 9.47. The summed E-state index contributed by atoms with van der Waals surface area (Å²) in [6.07, 6.45) is 1.91. The first kappa shape index (κ1) is 50.4. The minimum Gasteiger partial charge on any atom is -0.509 e. The molecule has 0 N–H and O–H groups in total. The maximum absolute atomic E-state index is 14.4. The van der Waals surface area contributed by atoms with Crippen LogP contribution in [-0.4, -0.2) is 9.55 Å². The molecule has 3 heterocycles. The summed E-state index contributed by atoms with van der Waals surface area (Å²) in [5, 5.41) is 2.20. The van der Waals surface area contributed by atoms with E-state index in [0.717, 1.165) is 67.1 Å². The quantitative estimate of drug-likeness (QED) is 0.128. The molecule has 0 fully saturated rings. The molecule has 0 bridgehead atoms. The van der Waals surface area contributed by atoms with Gasteiger partial charge in [-0.3, -0.25) is 0 Å². The van der Waals surface area contributed by atoms with Crippen molar-refractivity contribution in [3.63, 3.8) is 0 Å². The van der Waals surface area contributed by atoms with Crippen LogP contribution < -0.4 is 14.5 Å². The number of para-hydroxylation sites is 4. The smallest absolute Gasteiger partial charge is 0.135 e. The fourth-order valence-electron chi connectivity index (χ4n) is 10.2. The van der Waals surface area contributed by atoms with Gasteiger partial charge in [-0.05, 0) is 115 Å². The average Bonchev–Trinajstić information content (AvgIpc) is 3.89. The second kappa shape index (κ2) is 19.5. The fraction of sp³-hybridized carbons (Fsp3) is 0.262. The molecule has 0 aliphatic carbocycles. The van der Waals surface area contributed by atoms with Crippen molar-refractivity contribution in [3.05, 3.63) is 198 Å². The predicted octanol–water partition coefficient (Wildman–Crippen LogP) is 18.4. The van der Waals surface area contributed by atoms with Crippen LogP contribution in [-0.2, 0) is 31.9 Å². The molecule has 0 atom stereocenters. The summed E-state index contributed by atoms with van der Waals surface area (Å²) < 4.78 is 23.7. The minimum absolute atomic E-state index is 0. The standard InChI is InChI=1S/C65H64FN4O.Pt/c1-40(2)44-34-54(41(3)4)62(55(35-44)42(5)6)45-32-48(68-39-69(59-23-16-15-22-58(59)68)63-51(43-24-26-47(66)27-25-43)19-17-20-56(63)65(10,11)12)37-50(33-45)71-49-28-29-53-52-18-13-14-21-57(52)70(60(53)38-49)61-36-46(30-31-67-61)64(7,8)9;/h13-36,39-42H,1-12H3;/q-3;. The minimum atomic E-state index is -0.261. The van der Waals surface area contributed by atoms with Gasteiger partial charge in [0.25, 0.3) is 0 Å². The third kappa shape index (κ3) is 9.40. The maximum Gasteiger partial charge on any atom is 0.135 e. The van der Waals surface area contributed by atoms with E-state index in [2.05, 4.69) is 225 Å². The van der Waals surface area contributed by atoms with Gasteiger partial charge in [0.2, 0.25) is 0 Å². The van der Waals surface area contributed by atoms with E-state index in [9.17, 15) is 4.39 Å². The number of halogens is 1. The summed E-state index contributed by atoms with van der Waals surface area (Å²) in [5.74, 6) is 2.62. The van der Waals surface area contributed by atoms with Crippen LogP contribution >= 0.6 is 0 Å². The van der Waals surface area contributed by atoms with Gasteiger partial charge in [0, 0.05) is 66.9 Å². The third-order valence-corrected chi connectivity index (χ3v) is 14.0. The Balaban J connectivity index is 0.00000640. The molecule has 7 heteroatoms. The van der Waals surface area contributed by atoms with E-state index < -0.39 is 0 Å². The maximum atomic E-state index is 14.4. The second-order valence-electron chi connectivity index (χ2n) is 22.2. The molecular formula is C65H64FN4OPt-3. The molecule has 0 radical (unpaired) electrons. The molecule has 1 aliphatic heterocycles. The van der Waals surface area contributed by atoms with Gasteiger partial charge in [0.15, 0.2) is 0 Å². The van der Waals surface area contributed by atoms with Gasteiger partial charge < -0.3 is 19.1 Å². The molecule has 0 amide bonds. The van der Waals surface area contributed by atoms with Gasteiger partial charge in [0.05, 0.1) is 0 Å². The summed E-state index contributed by atoms with van der Waals surface area (Å²) in [6, 6.07) is 55.6. The van der Waals surface area contributed by atoms with Gasteiger partial charge in [-0.25, -0.2) is 9.37 Å². The van der Waals surface area contributed by atoms with E-state index in [1.54, 1.807) is 12.1 Å². The predicted molar refractivity (Wildman–Crippen MR) is 295 cm³/mol. The summed E-state index contributed by atoms with van der Waals surface area (Å²) in [7, 11) is 0. The Morgan fingerprint density at radius 1 is 0.597 bits per heavy atom. The van der Waals surface area contributed by atoms with Crippen molar-refractivity contribution in [2.45, 2.75) is 112 Å². The molecule has 0 saturated heterocycles. The van der Waals surface area contributed by atoms with Gasteiger partial charge in [-0.15, -0.1) is 53.6 Å². The van der Waals surface area contributed by atoms with E-state index in [4.69, 9.17) is 9.72 Å². The van der Waals surface area contributed by atoms with Crippen LogP contribution in [0.2, 0.25) is 0 Å². The van der Waals surface area contributed by atoms with E-state index in [1.165, 1.54) is 33.4 Å². The van der Waals surface area contributed by atoms with E-state index >= 15 is 0 Å². The molecular weight excluding hydrogens is 1070 g/mol. The molecule has 2 aromatic heterocycles. The first-order valence-electron chi connectivity index (χ1n) is 25.1. The van der Waals surface area contributed by atoms with Crippen LogP contribution in [0.3, 0.4) is 0 Å². The number of hydrogen-bond donors (Lipinski definition) is 0. The Labute approximate surface area is 441 Å². The summed E-state index contributed by atoms with van der Waals surface area (Å²) in [5.41, 5.74) is 16.2. The van der Waals surface area contributed by atoms with E-state index in [0.29, 0.717) is 17.4 Å². The number of aromatic nitrogens is 2. The number of pyridine rings is 1. The van der Waals surface area contributed by atoms with Crippen molar-refractivity contribution in [3.8, 4) is 39.6 Å². The molecule has 9 aromatic rings. The van der Waals surface area contributed by atoms with Crippen LogP contribution in [0, 0.1) is 24.6 Å². The Bertz CT molecular complexity index is 3430. The molecule has 370 valence electrons. The molecule has 72 heavy (non-hydrogen) atoms. The van der Waals surface area contributed by atoms with Crippen molar-refractivity contribution in [1.82, 2.24) is 9.55 Å². The van der Waals surface area contributed by atoms with Gasteiger partial charge in [-0.2, -0.15) is 6.07 Å². The number of benzene rings is 7. The van der Waals surface area contributed by atoms with Crippen LogP contribution in [0.1, 0.15) is 129 Å². The van der Waals surface area contributed by atoms with E-state index in [-0.39, 0.29) is 49.5 Å². The van der Waals surface area contributed by atoms with Crippen LogP contribution in [0.4, 0.5) is 27.1 Å². The van der Waals surface area contributed by atoms with Crippen molar-refractivity contribution < 1.29 is 30.2 Å². The zero-order valence-electron chi connectivity index (χ0n) is 43.6. The Morgan fingerprint density at radius 3 is 1.92 bits per heavy atom. The molecule has 5 nitrogen and oxygen atoms in total. The summed E-state index contributed by atoms with van der Waals surface area (Å²) >= 11 is 0. The number of rotatable bonds is 10. The second-order valence-corrected chi connectivity index (χ2v) is 22.2. The van der Waals surface area contributed by atoms with Gasteiger partial charge in [0.1, 0.15) is 11.6 Å². The number of anilines is 4. The topological polar surface area (TPSA) is 33.5 Å². The Morgan fingerprint density at radius 2 is 1.26 bits per heavy atom. The van der Waals surface area contributed by atoms with Crippen LogP contribution in [0.5, 0.6) is 11.5 Å². The Hall–Kier alpha value is -6.49. The average molecular weight is 1130 g/mol. The largest absolute Gasteiger partial charge is 0.509 e. The number of hydrogen-bond acceptors (Lipinski definition) is 4. The first-order valence-corrected chi connectivity index (χ1v) is 25.1. The zero-order valence-corrected chi connectivity index (χ0v) is 45.8. The Kier molecular flexibility index (Phi) is 13.7. The molecule has 0 unspecified atom stereocenters. The van der Waals surface area contributed by atoms with Gasteiger partial charge >= 0.3 is 0 Å². The molecule has 1 aliphatic rings.